The Morgan fingerprint density at radius 1 is 1.24 bits per heavy atom. The van der Waals surface area contributed by atoms with Crippen LogP contribution in [0.5, 0.6) is 0 Å². The fraction of sp³-hybridized carbons (Fsp3) is 0.154. The molecule has 0 spiro atoms. The van der Waals surface area contributed by atoms with Gasteiger partial charge in [0.05, 0.1) is 0 Å². The first-order chi connectivity index (χ1) is 8.16. The van der Waals surface area contributed by atoms with Crippen LogP contribution in [0.4, 0.5) is 0 Å². The monoisotopic (exact) mass is 247 g/mol. The molecule has 3 nitrogen and oxygen atoms in total. The summed E-state index contributed by atoms with van der Waals surface area (Å²) in [6.07, 6.45) is 0.360. The molecule has 17 heavy (non-hydrogen) atoms. The number of hydrogen-bond donors (Lipinski definition) is 2. The van der Waals surface area contributed by atoms with Crippen LogP contribution >= 0.6 is 11.3 Å². The maximum Gasteiger partial charge on any atom is 0.320 e. The van der Waals surface area contributed by atoms with Gasteiger partial charge in [0.15, 0.2) is 0 Å². The molecule has 0 bridgehead atoms. The number of carbonyl (C=O) groups is 1. The highest BCUT2D eigenvalue weighted by Crippen LogP contribution is 2.22. The molecule has 1 aromatic carbocycles. The van der Waals surface area contributed by atoms with Gasteiger partial charge >= 0.3 is 5.97 Å². The van der Waals surface area contributed by atoms with Crippen molar-refractivity contribution in [1.29, 1.82) is 0 Å². The van der Waals surface area contributed by atoms with Gasteiger partial charge in [0.25, 0.3) is 0 Å². The Morgan fingerprint density at radius 3 is 2.47 bits per heavy atom. The van der Waals surface area contributed by atoms with Crippen LogP contribution in [0.2, 0.25) is 0 Å². The Balaban J connectivity index is 2.11. The van der Waals surface area contributed by atoms with Crippen LogP contribution in [-0.4, -0.2) is 17.1 Å². The van der Waals surface area contributed by atoms with Gasteiger partial charge in [-0.2, -0.15) is 11.3 Å². The van der Waals surface area contributed by atoms with Crippen molar-refractivity contribution in [2.24, 2.45) is 5.73 Å². The summed E-state index contributed by atoms with van der Waals surface area (Å²) in [4.78, 5) is 10.6. The van der Waals surface area contributed by atoms with Crippen molar-refractivity contribution in [2.75, 3.05) is 0 Å². The average Bonchev–Trinajstić information content (AvgIpc) is 2.83. The first kappa shape index (κ1) is 11.8. The number of benzene rings is 1. The summed E-state index contributed by atoms with van der Waals surface area (Å²) in [5.74, 6) is -0.966. The number of carboxylic acid groups (broad SMARTS) is 1. The lowest BCUT2D eigenvalue weighted by Crippen LogP contribution is -2.32. The van der Waals surface area contributed by atoms with E-state index in [1.54, 1.807) is 11.3 Å². The zero-order valence-electron chi connectivity index (χ0n) is 9.17. The quantitative estimate of drug-likeness (QED) is 0.871. The van der Waals surface area contributed by atoms with E-state index in [1.807, 2.05) is 29.6 Å². The van der Waals surface area contributed by atoms with E-state index in [1.165, 1.54) is 5.56 Å². The molecule has 3 N–H and O–H groups in total. The molecule has 2 rings (SSSR count). The number of rotatable bonds is 4. The minimum Gasteiger partial charge on any atom is -0.480 e. The first-order valence-corrected chi connectivity index (χ1v) is 6.21. The van der Waals surface area contributed by atoms with Crippen LogP contribution in [0, 0.1) is 0 Å². The second kappa shape index (κ2) is 5.12. The van der Waals surface area contributed by atoms with Gasteiger partial charge in [-0.3, -0.25) is 4.79 Å². The Bertz CT molecular complexity index is 491. The minimum absolute atomic E-state index is 0.360. The Morgan fingerprint density at radius 2 is 1.94 bits per heavy atom. The topological polar surface area (TPSA) is 63.3 Å². The molecule has 88 valence electrons. The van der Waals surface area contributed by atoms with Gasteiger partial charge in [-0.1, -0.05) is 24.3 Å². The molecule has 2 aromatic rings. The molecule has 0 saturated carbocycles. The van der Waals surface area contributed by atoms with E-state index in [2.05, 4.69) is 11.4 Å². The first-order valence-electron chi connectivity index (χ1n) is 5.26. The number of hydrogen-bond acceptors (Lipinski definition) is 3. The SMILES string of the molecule is N[C@@H](Cc1ccc(-c2ccsc2)cc1)C(=O)O. The van der Waals surface area contributed by atoms with Gasteiger partial charge in [-0.15, -0.1) is 0 Å². The number of nitrogens with two attached hydrogens (primary N) is 1. The van der Waals surface area contributed by atoms with Gasteiger partial charge in [-0.05, 0) is 39.9 Å². The molecule has 0 aliphatic rings. The van der Waals surface area contributed by atoms with E-state index >= 15 is 0 Å². The Hall–Kier alpha value is -1.65. The van der Waals surface area contributed by atoms with Crippen molar-refractivity contribution in [3.8, 4) is 11.1 Å². The highest BCUT2D eigenvalue weighted by Gasteiger charge is 2.11. The molecule has 1 heterocycles. The largest absolute Gasteiger partial charge is 0.480 e. The molecule has 0 saturated heterocycles. The number of carboxylic acids is 1. The lowest BCUT2D eigenvalue weighted by molar-refractivity contribution is -0.138. The minimum atomic E-state index is -0.966. The van der Waals surface area contributed by atoms with Crippen LogP contribution in [0.3, 0.4) is 0 Å². The van der Waals surface area contributed by atoms with Gasteiger partial charge in [-0.25, -0.2) is 0 Å². The van der Waals surface area contributed by atoms with Gasteiger partial charge in [0.2, 0.25) is 0 Å². The molecule has 0 fully saturated rings. The highest BCUT2D eigenvalue weighted by atomic mass is 32.1. The standard InChI is InChI=1S/C13H13NO2S/c14-12(13(15)16)7-9-1-3-10(4-2-9)11-5-6-17-8-11/h1-6,8,12H,7,14H2,(H,15,16)/t12-/m0/s1. The zero-order valence-corrected chi connectivity index (χ0v) is 9.98. The molecule has 0 amide bonds. The normalized spacial score (nSPS) is 12.3. The van der Waals surface area contributed by atoms with Crippen molar-refractivity contribution >= 4 is 17.3 Å². The number of aliphatic carboxylic acids is 1. The molecule has 1 aromatic heterocycles. The van der Waals surface area contributed by atoms with Crippen LogP contribution in [0.15, 0.2) is 41.1 Å². The van der Waals surface area contributed by atoms with E-state index in [4.69, 9.17) is 10.8 Å². The maximum atomic E-state index is 10.6. The third-order valence-electron chi connectivity index (χ3n) is 2.58. The molecule has 0 unspecified atom stereocenters. The lowest BCUT2D eigenvalue weighted by Gasteiger charge is -2.06. The molecule has 1 atom stereocenters. The second-order valence-corrected chi connectivity index (χ2v) is 4.64. The van der Waals surface area contributed by atoms with Crippen LogP contribution in [-0.2, 0) is 11.2 Å². The van der Waals surface area contributed by atoms with E-state index in [0.29, 0.717) is 6.42 Å². The van der Waals surface area contributed by atoms with Crippen molar-refractivity contribution in [3.63, 3.8) is 0 Å². The maximum absolute atomic E-state index is 10.6. The van der Waals surface area contributed by atoms with E-state index in [0.717, 1.165) is 11.1 Å². The summed E-state index contributed by atoms with van der Waals surface area (Å²) in [6, 6.07) is 9.06. The Kier molecular flexibility index (Phi) is 3.56. The third kappa shape index (κ3) is 2.93. The molecular formula is C13H13NO2S. The summed E-state index contributed by atoms with van der Waals surface area (Å²) < 4.78 is 0. The highest BCUT2D eigenvalue weighted by molar-refractivity contribution is 7.08. The molecule has 4 heteroatoms. The number of thiophene rings is 1. The van der Waals surface area contributed by atoms with Gasteiger partial charge in [0.1, 0.15) is 6.04 Å². The molecule has 0 aliphatic carbocycles. The molecule has 0 radical (unpaired) electrons. The van der Waals surface area contributed by atoms with Crippen LogP contribution < -0.4 is 5.73 Å². The van der Waals surface area contributed by atoms with Crippen molar-refractivity contribution in [3.05, 3.63) is 46.7 Å². The predicted octanol–water partition coefficient (Wildman–Crippen LogP) is 2.37. The molecule has 0 aliphatic heterocycles. The molecular weight excluding hydrogens is 234 g/mol. The summed E-state index contributed by atoms with van der Waals surface area (Å²) in [7, 11) is 0. The van der Waals surface area contributed by atoms with Gasteiger partial charge < -0.3 is 10.8 Å². The fourth-order valence-corrected chi connectivity index (χ4v) is 2.27. The van der Waals surface area contributed by atoms with E-state index in [9.17, 15) is 4.79 Å². The van der Waals surface area contributed by atoms with Crippen LogP contribution in [0.25, 0.3) is 11.1 Å². The second-order valence-electron chi connectivity index (χ2n) is 3.86. The van der Waals surface area contributed by atoms with Crippen molar-refractivity contribution in [2.45, 2.75) is 12.5 Å². The van der Waals surface area contributed by atoms with Crippen molar-refractivity contribution in [1.82, 2.24) is 0 Å². The summed E-state index contributed by atoms with van der Waals surface area (Å²) in [6.45, 7) is 0. The summed E-state index contributed by atoms with van der Waals surface area (Å²) >= 11 is 1.66. The third-order valence-corrected chi connectivity index (χ3v) is 3.26. The lowest BCUT2D eigenvalue weighted by atomic mass is 10.0. The smallest absolute Gasteiger partial charge is 0.320 e. The average molecular weight is 247 g/mol. The zero-order chi connectivity index (χ0) is 12.3. The van der Waals surface area contributed by atoms with E-state index < -0.39 is 12.0 Å². The van der Waals surface area contributed by atoms with Crippen LogP contribution in [0.1, 0.15) is 5.56 Å². The summed E-state index contributed by atoms with van der Waals surface area (Å²) in [5.41, 5.74) is 8.75. The fourth-order valence-electron chi connectivity index (χ4n) is 1.60. The van der Waals surface area contributed by atoms with Gasteiger partial charge in [0, 0.05) is 0 Å². The Labute approximate surface area is 104 Å². The van der Waals surface area contributed by atoms with E-state index in [-0.39, 0.29) is 0 Å². The summed E-state index contributed by atoms with van der Waals surface area (Å²) in [5, 5.41) is 12.8. The van der Waals surface area contributed by atoms with Crippen molar-refractivity contribution < 1.29 is 9.90 Å². The predicted molar refractivity (Wildman–Crippen MR) is 69.1 cm³/mol.